The van der Waals surface area contributed by atoms with Crippen molar-refractivity contribution in [3.63, 3.8) is 0 Å². The Morgan fingerprint density at radius 3 is 1.87 bits per heavy atom. The van der Waals surface area contributed by atoms with Crippen LogP contribution in [0.4, 0.5) is 0 Å². The maximum atomic E-state index is 11.5. The monoisotopic (exact) mass is 327 g/mol. The van der Waals surface area contributed by atoms with E-state index in [1.807, 2.05) is 13.8 Å². The smallest absolute Gasteiger partial charge is 0.160 e. The van der Waals surface area contributed by atoms with E-state index in [1.54, 1.807) is 6.92 Å². The summed E-state index contributed by atoms with van der Waals surface area (Å²) in [7, 11) is 0. The molecule has 138 valence electrons. The first-order valence-corrected chi connectivity index (χ1v) is 9.03. The zero-order valence-corrected chi connectivity index (χ0v) is 17.4. The molecule has 0 aliphatic rings. The van der Waals surface area contributed by atoms with Gasteiger partial charge in [-0.15, -0.1) is 0 Å². The molecule has 3 nitrogen and oxygen atoms in total. The van der Waals surface area contributed by atoms with E-state index >= 15 is 0 Å². The van der Waals surface area contributed by atoms with Gasteiger partial charge in [-0.2, -0.15) is 0 Å². The van der Waals surface area contributed by atoms with Crippen LogP contribution in [-0.2, 0) is 9.53 Å². The van der Waals surface area contributed by atoms with Crippen molar-refractivity contribution in [3.05, 3.63) is 0 Å². The third-order valence-corrected chi connectivity index (χ3v) is 4.62. The van der Waals surface area contributed by atoms with E-state index in [-0.39, 0.29) is 16.7 Å². The Kier molecular flexibility index (Phi) is 7.97. The molecule has 0 fully saturated rings. The van der Waals surface area contributed by atoms with Gasteiger partial charge in [0.25, 0.3) is 0 Å². The third kappa shape index (κ3) is 9.46. The van der Waals surface area contributed by atoms with E-state index in [1.165, 1.54) is 6.42 Å². The van der Waals surface area contributed by atoms with Gasteiger partial charge in [-0.3, -0.25) is 4.79 Å². The summed E-state index contributed by atoms with van der Waals surface area (Å²) in [5.74, 6) is 0.0714. The highest BCUT2D eigenvalue weighted by Gasteiger charge is 2.33. The van der Waals surface area contributed by atoms with Gasteiger partial charge in [-0.25, -0.2) is 0 Å². The molecule has 23 heavy (non-hydrogen) atoms. The second-order valence-electron chi connectivity index (χ2n) is 9.83. The van der Waals surface area contributed by atoms with E-state index in [2.05, 4.69) is 53.8 Å². The quantitative estimate of drug-likeness (QED) is 0.575. The van der Waals surface area contributed by atoms with Crippen LogP contribution in [0.3, 0.4) is 0 Å². The normalized spacial score (nSPS) is 16.3. The molecule has 0 aromatic heterocycles. The van der Waals surface area contributed by atoms with Gasteiger partial charge >= 0.3 is 0 Å². The molecule has 3 heteroatoms. The fourth-order valence-electron chi connectivity index (χ4n) is 3.63. The second kappa shape index (κ2) is 8.11. The minimum absolute atomic E-state index is 0.0714. The molecular formula is C20H41NO2. The fourth-order valence-corrected chi connectivity index (χ4v) is 3.63. The van der Waals surface area contributed by atoms with Crippen LogP contribution in [0.5, 0.6) is 0 Å². The lowest BCUT2D eigenvalue weighted by molar-refractivity contribution is -0.137. The van der Waals surface area contributed by atoms with Crippen LogP contribution in [0.15, 0.2) is 0 Å². The summed E-state index contributed by atoms with van der Waals surface area (Å²) in [6, 6.07) is 0. The largest absolute Gasteiger partial charge is 0.366 e. The summed E-state index contributed by atoms with van der Waals surface area (Å²) >= 11 is 0. The van der Waals surface area contributed by atoms with Gasteiger partial charge in [-0.05, 0) is 57.8 Å². The lowest BCUT2D eigenvalue weighted by Gasteiger charge is -2.41. The number of Topliss-reactive ketones (excluding diaryl/α,β-unsaturated/α-hetero) is 1. The summed E-state index contributed by atoms with van der Waals surface area (Å²) in [6.07, 6.45) is 3.41. The molecule has 0 bridgehead atoms. The lowest BCUT2D eigenvalue weighted by Crippen LogP contribution is -2.47. The van der Waals surface area contributed by atoms with Crippen molar-refractivity contribution in [1.29, 1.82) is 0 Å². The Morgan fingerprint density at radius 1 is 0.957 bits per heavy atom. The molecule has 0 amide bonds. The number of carbonyl (C=O) groups is 1. The minimum Gasteiger partial charge on any atom is -0.366 e. The first-order valence-electron chi connectivity index (χ1n) is 9.03. The summed E-state index contributed by atoms with van der Waals surface area (Å²) in [5.41, 5.74) is 0.0383. The zero-order valence-electron chi connectivity index (χ0n) is 17.4. The number of hydrogen-bond acceptors (Lipinski definition) is 3. The van der Waals surface area contributed by atoms with Crippen molar-refractivity contribution in [3.8, 4) is 0 Å². The highest BCUT2D eigenvalue weighted by atomic mass is 16.5. The average Bonchev–Trinajstić information content (AvgIpc) is 2.30. The number of ether oxygens (including phenoxy) is 1. The van der Waals surface area contributed by atoms with Crippen molar-refractivity contribution in [2.45, 2.75) is 99.6 Å². The molecule has 0 aromatic carbocycles. The number of hydrogen-bond donors (Lipinski definition) is 1. The van der Waals surface area contributed by atoms with Crippen LogP contribution in [0, 0.1) is 10.8 Å². The summed E-state index contributed by atoms with van der Waals surface area (Å²) in [4.78, 5) is 11.5. The van der Waals surface area contributed by atoms with Crippen LogP contribution >= 0.6 is 0 Å². The van der Waals surface area contributed by atoms with E-state index in [0.29, 0.717) is 12.0 Å². The van der Waals surface area contributed by atoms with E-state index in [9.17, 15) is 4.79 Å². The van der Waals surface area contributed by atoms with Crippen LogP contribution in [0.25, 0.3) is 0 Å². The summed E-state index contributed by atoms with van der Waals surface area (Å²) in [5, 5.41) is 3.66. The van der Waals surface area contributed by atoms with Crippen molar-refractivity contribution < 1.29 is 9.53 Å². The molecule has 0 heterocycles. The lowest BCUT2D eigenvalue weighted by atomic mass is 9.69. The minimum atomic E-state index is -0.685. The fraction of sp³-hybridized carbons (Fsp3) is 0.950. The molecule has 1 atom stereocenters. The van der Waals surface area contributed by atoms with Gasteiger partial charge in [0.15, 0.2) is 5.78 Å². The maximum absolute atomic E-state index is 11.5. The molecule has 0 aliphatic carbocycles. The molecule has 1 N–H and O–H groups in total. The van der Waals surface area contributed by atoms with Crippen LogP contribution in [0.2, 0.25) is 0 Å². The number of rotatable bonds is 10. The second-order valence-corrected chi connectivity index (χ2v) is 9.83. The standard InChI is InChI=1S/C20H41NO2/c1-11-20(10,15-18(6,7)14-17(3,4)5)21-12-13-23-19(8,9)16(2)22/h21H,11-15H2,1-10H3. The van der Waals surface area contributed by atoms with Crippen molar-refractivity contribution in [2.24, 2.45) is 10.8 Å². The van der Waals surface area contributed by atoms with Gasteiger partial charge in [0.05, 0.1) is 6.61 Å². The molecule has 1 unspecified atom stereocenters. The molecule has 0 spiro atoms. The molecule has 0 aromatic rings. The summed E-state index contributed by atoms with van der Waals surface area (Å²) < 4.78 is 5.73. The predicted molar refractivity (Wildman–Crippen MR) is 99.9 cm³/mol. The van der Waals surface area contributed by atoms with Gasteiger partial charge < -0.3 is 10.1 Å². The Morgan fingerprint density at radius 2 is 1.48 bits per heavy atom. The third-order valence-electron chi connectivity index (χ3n) is 4.62. The van der Waals surface area contributed by atoms with Gasteiger partial charge in [0, 0.05) is 12.1 Å². The first kappa shape index (κ1) is 22.6. The molecule has 0 saturated heterocycles. The van der Waals surface area contributed by atoms with Gasteiger partial charge in [0.2, 0.25) is 0 Å². The SMILES string of the molecule is CCC(C)(CC(C)(C)CC(C)(C)C)NCCOC(C)(C)C(C)=O. The van der Waals surface area contributed by atoms with Crippen molar-refractivity contribution in [1.82, 2.24) is 5.32 Å². The highest BCUT2D eigenvalue weighted by molar-refractivity contribution is 5.83. The zero-order chi connectivity index (χ0) is 18.5. The van der Waals surface area contributed by atoms with Crippen molar-refractivity contribution in [2.75, 3.05) is 13.2 Å². The van der Waals surface area contributed by atoms with Crippen LogP contribution < -0.4 is 5.32 Å². The molecular weight excluding hydrogens is 286 g/mol. The number of ketones is 1. The van der Waals surface area contributed by atoms with E-state index in [4.69, 9.17) is 4.74 Å². The predicted octanol–water partition coefficient (Wildman–Crippen LogP) is 4.98. The Balaban J connectivity index is 4.54. The number of carbonyl (C=O) groups excluding carboxylic acids is 1. The van der Waals surface area contributed by atoms with Crippen molar-refractivity contribution >= 4 is 5.78 Å². The average molecular weight is 328 g/mol. The molecule has 0 saturated carbocycles. The molecule has 0 rings (SSSR count). The molecule has 0 radical (unpaired) electrons. The van der Waals surface area contributed by atoms with E-state index < -0.39 is 5.60 Å². The van der Waals surface area contributed by atoms with Crippen LogP contribution in [0.1, 0.15) is 88.5 Å². The highest BCUT2D eigenvalue weighted by Crippen LogP contribution is 2.39. The van der Waals surface area contributed by atoms with E-state index in [0.717, 1.165) is 19.4 Å². The van der Waals surface area contributed by atoms with Gasteiger partial charge in [0.1, 0.15) is 5.60 Å². The van der Waals surface area contributed by atoms with Gasteiger partial charge in [-0.1, -0.05) is 41.5 Å². The Hall–Kier alpha value is -0.410. The first-order chi connectivity index (χ1) is 10.1. The van der Waals surface area contributed by atoms with Crippen LogP contribution in [-0.4, -0.2) is 30.1 Å². The number of nitrogens with one attached hydrogen (secondary N) is 1. The Labute approximate surface area is 144 Å². The Bertz CT molecular complexity index is 380. The topological polar surface area (TPSA) is 38.3 Å². The molecule has 0 aliphatic heterocycles. The summed E-state index contributed by atoms with van der Waals surface area (Å²) in [6.45, 7) is 22.8. The maximum Gasteiger partial charge on any atom is 0.160 e.